The van der Waals surface area contributed by atoms with Crippen LogP contribution in [-0.4, -0.2) is 54.7 Å². The summed E-state index contributed by atoms with van der Waals surface area (Å²) in [5.74, 6) is -1.27. The minimum Gasteiger partial charge on any atom is -0.481 e. The van der Waals surface area contributed by atoms with E-state index in [4.69, 9.17) is 0 Å². The summed E-state index contributed by atoms with van der Waals surface area (Å²) in [6, 6.07) is -0.502. The van der Waals surface area contributed by atoms with Gasteiger partial charge in [0, 0.05) is 18.6 Å². The van der Waals surface area contributed by atoms with Gasteiger partial charge < -0.3 is 20.6 Å². The van der Waals surface area contributed by atoms with Gasteiger partial charge in [0.05, 0.1) is 5.92 Å². The van der Waals surface area contributed by atoms with Crippen molar-refractivity contribution in [3.05, 3.63) is 0 Å². The molecule has 2 amide bonds. The van der Waals surface area contributed by atoms with Gasteiger partial charge in [0.15, 0.2) is 0 Å². The molecule has 0 aromatic carbocycles. The first-order valence-electron chi connectivity index (χ1n) is 7.34. The second-order valence-electron chi connectivity index (χ2n) is 5.97. The van der Waals surface area contributed by atoms with Crippen LogP contribution in [0.25, 0.3) is 0 Å². The molecule has 3 atom stereocenters. The molecule has 6 heteroatoms. The Morgan fingerprint density at radius 3 is 2.50 bits per heavy atom. The Hall–Kier alpha value is -1.30. The van der Waals surface area contributed by atoms with E-state index in [0.29, 0.717) is 6.42 Å². The standard InChI is InChI=1S/C14H27N3O3/c1-10(9-17(2)3)15-14(20)16-12-8-6-4-5-7-11(12)13(18)19/h10-12H,4-9H2,1-3H3,(H,18,19)(H2,15,16,20). The Labute approximate surface area is 120 Å². The van der Waals surface area contributed by atoms with E-state index < -0.39 is 11.9 Å². The van der Waals surface area contributed by atoms with Gasteiger partial charge in [-0.2, -0.15) is 0 Å². The van der Waals surface area contributed by atoms with Crippen molar-refractivity contribution in [2.45, 2.75) is 51.1 Å². The normalized spacial score (nSPS) is 24.8. The SMILES string of the molecule is CC(CN(C)C)NC(=O)NC1CCCCCC1C(=O)O. The van der Waals surface area contributed by atoms with E-state index in [1.54, 1.807) is 0 Å². The molecular formula is C14H27N3O3. The monoisotopic (exact) mass is 285 g/mol. The van der Waals surface area contributed by atoms with Crippen molar-refractivity contribution in [3.8, 4) is 0 Å². The molecule has 0 bridgehead atoms. The molecule has 3 N–H and O–H groups in total. The molecule has 0 radical (unpaired) electrons. The Morgan fingerprint density at radius 2 is 1.90 bits per heavy atom. The van der Waals surface area contributed by atoms with Crippen molar-refractivity contribution < 1.29 is 14.7 Å². The molecule has 0 aromatic rings. The molecule has 0 aromatic heterocycles. The van der Waals surface area contributed by atoms with Crippen molar-refractivity contribution in [2.75, 3.05) is 20.6 Å². The van der Waals surface area contributed by atoms with E-state index in [0.717, 1.165) is 32.2 Å². The number of carbonyl (C=O) groups is 2. The number of carbonyl (C=O) groups excluding carboxylic acids is 1. The number of nitrogens with zero attached hydrogens (tertiary/aromatic N) is 1. The van der Waals surface area contributed by atoms with Gasteiger partial charge in [-0.3, -0.25) is 4.79 Å². The largest absolute Gasteiger partial charge is 0.481 e. The van der Waals surface area contributed by atoms with Crippen LogP contribution in [0, 0.1) is 5.92 Å². The molecule has 0 heterocycles. The highest BCUT2D eigenvalue weighted by Crippen LogP contribution is 2.23. The van der Waals surface area contributed by atoms with E-state index >= 15 is 0 Å². The molecule has 0 spiro atoms. The summed E-state index contributed by atoms with van der Waals surface area (Å²) >= 11 is 0. The molecule has 0 saturated heterocycles. The van der Waals surface area contributed by atoms with Crippen molar-refractivity contribution in [3.63, 3.8) is 0 Å². The molecule has 0 aliphatic heterocycles. The lowest BCUT2D eigenvalue weighted by molar-refractivity contribution is -0.142. The van der Waals surface area contributed by atoms with Crippen LogP contribution in [0.3, 0.4) is 0 Å². The third-order valence-corrected chi connectivity index (χ3v) is 3.67. The summed E-state index contributed by atoms with van der Waals surface area (Å²) in [6.07, 6.45) is 4.33. The molecule has 6 nitrogen and oxygen atoms in total. The van der Waals surface area contributed by atoms with Gasteiger partial charge in [0.1, 0.15) is 0 Å². The third-order valence-electron chi connectivity index (χ3n) is 3.67. The van der Waals surface area contributed by atoms with Crippen LogP contribution < -0.4 is 10.6 Å². The molecule has 1 saturated carbocycles. The summed E-state index contributed by atoms with van der Waals surface area (Å²) < 4.78 is 0. The molecule has 1 aliphatic rings. The number of urea groups is 1. The second-order valence-corrected chi connectivity index (χ2v) is 5.97. The van der Waals surface area contributed by atoms with E-state index in [1.807, 2.05) is 25.9 Å². The zero-order chi connectivity index (χ0) is 15.1. The Kier molecular flexibility index (Phi) is 6.78. The van der Waals surface area contributed by atoms with Crippen LogP contribution >= 0.6 is 0 Å². The highest BCUT2D eigenvalue weighted by atomic mass is 16.4. The molecule has 1 aliphatic carbocycles. The Balaban J connectivity index is 2.50. The van der Waals surface area contributed by atoms with E-state index in [-0.39, 0.29) is 18.1 Å². The van der Waals surface area contributed by atoms with E-state index in [9.17, 15) is 14.7 Å². The van der Waals surface area contributed by atoms with Gasteiger partial charge in [-0.1, -0.05) is 19.3 Å². The number of nitrogens with one attached hydrogen (secondary N) is 2. The number of carboxylic acid groups (broad SMARTS) is 1. The topological polar surface area (TPSA) is 81.7 Å². The lowest BCUT2D eigenvalue weighted by atomic mass is 9.95. The number of carboxylic acids is 1. The highest BCUT2D eigenvalue weighted by molar-refractivity contribution is 5.77. The van der Waals surface area contributed by atoms with Crippen molar-refractivity contribution in [2.24, 2.45) is 5.92 Å². The van der Waals surface area contributed by atoms with E-state index in [2.05, 4.69) is 10.6 Å². The van der Waals surface area contributed by atoms with Gasteiger partial charge in [-0.15, -0.1) is 0 Å². The van der Waals surface area contributed by atoms with E-state index in [1.165, 1.54) is 0 Å². The minimum atomic E-state index is -0.807. The van der Waals surface area contributed by atoms with Crippen molar-refractivity contribution in [1.29, 1.82) is 0 Å². The lowest BCUT2D eigenvalue weighted by Crippen LogP contribution is -2.50. The maximum absolute atomic E-state index is 11.9. The van der Waals surface area contributed by atoms with Crippen LogP contribution in [0.2, 0.25) is 0 Å². The fourth-order valence-corrected chi connectivity index (χ4v) is 2.80. The summed E-state index contributed by atoms with van der Waals surface area (Å²) in [5.41, 5.74) is 0. The first kappa shape index (κ1) is 16.8. The van der Waals surface area contributed by atoms with Gasteiger partial charge in [0.25, 0.3) is 0 Å². The van der Waals surface area contributed by atoms with Crippen LogP contribution in [0.5, 0.6) is 0 Å². The number of amides is 2. The van der Waals surface area contributed by atoms with Crippen molar-refractivity contribution >= 4 is 12.0 Å². The Bertz CT molecular complexity index is 334. The van der Waals surface area contributed by atoms with Gasteiger partial charge in [-0.05, 0) is 33.9 Å². The number of aliphatic carboxylic acids is 1. The average molecular weight is 285 g/mol. The molecule has 116 valence electrons. The number of hydrogen-bond donors (Lipinski definition) is 3. The maximum atomic E-state index is 11.9. The van der Waals surface area contributed by atoms with Crippen LogP contribution in [0.4, 0.5) is 4.79 Å². The average Bonchev–Trinajstić information content (AvgIpc) is 2.52. The highest BCUT2D eigenvalue weighted by Gasteiger charge is 2.30. The summed E-state index contributed by atoms with van der Waals surface area (Å²) in [4.78, 5) is 25.2. The smallest absolute Gasteiger partial charge is 0.315 e. The van der Waals surface area contributed by atoms with Gasteiger partial charge in [0.2, 0.25) is 0 Å². The second kappa shape index (κ2) is 8.09. The van der Waals surface area contributed by atoms with Crippen LogP contribution in [-0.2, 0) is 4.79 Å². The fourth-order valence-electron chi connectivity index (χ4n) is 2.80. The molecular weight excluding hydrogens is 258 g/mol. The zero-order valence-corrected chi connectivity index (χ0v) is 12.7. The quantitative estimate of drug-likeness (QED) is 0.664. The first-order valence-corrected chi connectivity index (χ1v) is 7.34. The minimum absolute atomic E-state index is 0.0269. The first-order chi connectivity index (χ1) is 9.40. The summed E-state index contributed by atoms with van der Waals surface area (Å²) in [5, 5.41) is 15.0. The number of hydrogen-bond acceptors (Lipinski definition) is 3. The van der Waals surface area contributed by atoms with Crippen LogP contribution in [0.15, 0.2) is 0 Å². The zero-order valence-electron chi connectivity index (χ0n) is 12.7. The number of rotatable bonds is 5. The predicted molar refractivity (Wildman–Crippen MR) is 77.7 cm³/mol. The summed E-state index contributed by atoms with van der Waals surface area (Å²) in [6.45, 7) is 2.68. The molecule has 3 unspecified atom stereocenters. The predicted octanol–water partition coefficient (Wildman–Crippen LogP) is 1.27. The number of likely N-dealkylation sites (N-methyl/N-ethyl adjacent to an activating group) is 1. The molecule has 1 fully saturated rings. The summed E-state index contributed by atoms with van der Waals surface area (Å²) in [7, 11) is 3.89. The van der Waals surface area contributed by atoms with Crippen molar-refractivity contribution in [1.82, 2.24) is 15.5 Å². The Morgan fingerprint density at radius 1 is 1.25 bits per heavy atom. The fraction of sp³-hybridized carbons (Fsp3) is 0.857. The maximum Gasteiger partial charge on any atom is 0.315 e. The van der Waals surface area contributed by atoms with Gasteiger partial charge in [-0.25, -0.2) is 4.79 Å². The third kappa shape index (κ3) is 5.77. The molecule has 20 heavy (non-hydrogen) atoms. The van der Waals surface area contributed by atoms with Gasteiger partial charge >= 0.3 is 12.0 Å². The van der Waals surface area contributed by atoms with Crippen LogP contribution in [0.1, 0.15) is 39.0 Å². The molecule has 1 rings (SSSR count). The lowest BCUT2D eigenvalue weighted by Gasteiger charge is -2.25.